The molecule has 4 heteroatoms. The van der Waals surface area contributed by atoms with E-state index in [-0.39, 0.29) is 11.5 Å². The van der Waals surface area contributed by atoms with Gasteiger partial charge >= 0.3 is 0 Å². The van der Waals surface area contributed by atoms with Gasteiger partial charge in [0.15, 0.2) is 0 Å². The van der Waals surface area contributed by atoms with Crippen LogP contribution < -0.4 is 4.74 Å². The number of piperidine rings is 1. The molecule has 1 aromatic rings. The van der Waals surface area contributed by atoms with Gasteiger partial charge in [-0.25, -0.2) is 0 Å². The second-order valence-corrected chi connectivity index (χ2v) is 6.14. The lowest BCUT2D eigenvalue weighted by molar-refractivity contribution is -0.0570. The van der Waals surface area contributed by atoms with E-state index in [4.69, 9.17) is 9.47 Å². The standard InChI is InChI=1S/C17H22N2O2/c1-19-8-7-17(13-4-3-5-14(10-13)20-2)12-21-9-6-15(17)16(19)11-18/h3-5,10,15-16H,6-9,12H2,1-2H3/t15-,16-,17+/m0/s1. The Balaban J connectivity index is 2.04. The van der Waals surface area contributed by atoms with Gasteiger partial charge in [-0.2, -0.15) is 5.26 Å². The first-order chi connectivity index (χ1) is 10.2. The molecule has 2 saturated heterocycles. The van der Waals surface area contributed by atoms with Gasteiger partial charge in [0.1, 0.15) is 11.8 Å². The first-order valence-electron chi connectivity index (χ1n) is 7.53. The summed E-state index contributed by atoms with van der Waals surface area (Å²) < 4.78 is 11.2. The average molecular weight is 286 g/mol. The van der Waals surface area contributed by atoms with Gasteiger partial charge < -0.3 is 9.47 Å². The van der Waals surface area contributed by atoms with Crippen LogP contribution in [0.3, 0.4) is 0 Å². The van der Waals surface area contributed by atoms with Gasteiger partial charge in [0.25, 0.3) is 0 Å². The van der Waals surface area contributed by atoms with E-state index < -0.39 is 0 Å². The zero-order valence-corrected chi connectivity index (χ0v) is 12.7. The van der Waals surface area contributed by atoms with Crippen molar-refractivity contribution in [3.63, 3.8) is 0 Å². The van der Waals surface area contributed by atoms with Crippen molar-refractivity contribution in [1.29, 1.82) is 5.26 Å². The zero-order chi connectivity index (χ0) is 14.9. The summed E-state index contributed by atoms with van der Waals surface area (Å²) in [5.41, 5.74) is 1.19. The number of rotatable bonds is 2. The van der Waals surface area contributed by atoms with E-state index in [1.54, 1.807) is 7.11 Å². The molecule has 3 atom stereocenters. The van der Waals surface area contributed by atoms with Crippen molar-refractivity contribution in [1.82, 2.24) is 4.90 Å². The van der Waals surface area contributed by atoms with Crippen molar-refractivity contribution in [2.45, 2.75) is 24.3 Å². The second kappa shape index (κ2) is 5.67. The Morgan fingerprint density at radius 1 is 1.48 bits per heavy atom. The number of ether oxygens (including phenoxy) is 2. The summed E-state index contributed by atoms with van der Waals surface area (Å²) in [4.78, 5) is 2.19. The largest absolute Gasteiger partial charge is 0.497 e. The predicted octanol–water partition coefficient (Wildman–Crippen LogP) is 2.20. The number of hydrogen-bond acceptors (Lipinski definition) is 4. The minimum absolute atomic E-state index is 0.0335. The maximum Gasteiger partial charge on any atom is 0.119 e. The van der Waals surface area contributed by atoms with Gasteiger partial charge in [-0.3, -0.25) is 4.90 Å². The van der Waals surface area contributed by atoms with Crippen LogP contribution in [-0.2, 0) is 10.2 Å². The van der Waals surface area contributed by atoms with E-state index in [0.29, 0.717) is 12.5 Å². The molecular weight excluding hydrogens is 264 g/mol. The molecule has 112 valence electrons. The zero-order valence-electron chi connectivity index (χ0n) is 12.7. The SMILES string of the molecule is COc1cccc([C@]23CCN(C)[C@@H](C#N)[C@@H]2CCOC3)c1. The normalized spacial score (nSPS) is 33.0. The van der Waals surface area contributed by atoms with Crippen molar-refractivity contribution < 1.29 is 9.47 Å². The van der Waals surface area contributed by atoms with E-state index >= 15 is 0 Å². The molecule has 21 heavy (non-hydrogen) atoms. The summed E-state index contributed by atoms with van der Waals surface area (Å²) in [7, 11) is 3.75. The third-order valence-electron chi connectivity index (χ3n) is 5.19. The fourth-order valence-corrected chi connectivity index (χ4v) is 3.95. The van der Waals surface area contributed by atoms with Crippen molar-refractivity contribution in [3.05, 3.63) is 29.8 Å². The van der Waals surface area contributed by atoms with E-state index in [1.807, 2.05) is 12.1 Å². The Hall–Kier alpha value is -1.57. The van der Waals surface area contributed by atoms with Crippen LogP contribution in [0.1, 0.15) is 18.4 Å². The quantitative estimate of drug-likeness (QED) is 0.836. The topological polar surface area (TPSA) is 45.5 Å². The number of nitrogens with zero attached hydrogens (tertiary/aromatic N) is 2. The highest BCUT2D eigenvalue weighted by Gasteiger charge is 2.50. The van der Waals surface area contributed by atoms with Gasteiger partial charge in [0.2, 0.25) is 0 Å². The number of likely N-dealkylation sites (tertiary alicyclic amines) is 1. The maximum atomic E-state index is 9.61. The van der Waals surface area contributed by atoms with Gasteiger partial charge in [0.05, 0.1) is 19.8 Å². The fourth-order valence-electron chi connectivity index (χ4n) is 3.95. The van der Waals surface area contributed by atoms with Crippen molar-refractivity contribution in [2.75, 3.05) is 33.9 Å². The minimum atomic E-state index is -0.0559. The Bertz CT molecular complexity index is 554. The number of benzene rings is 1. The lowest BCUT2D eigenvalue weighted by Crippen LogP contribution is -2.58. The Kier molecular flexibility index (Phi) is 3.88. The molecule has 0 radical (unpaired) electrons. The van der Waals surface area contributed by atoms with Crippen LogP contribution in [0.5, 0.6) is 5.75 Å². The van der Waals surface area contributed by atoms with Gasteiger partial charge in [0, 0.05) is 24.5 Å². The van der Waals surface area contributed by atoms with Crippen LogP contribution in [-0.4, -0.2) is 44.9 Å². The molecule has 2 heterocycles. The fraction of sp³-hybridized carbons (Fsp3) is 0.588. The molecule has 3 rings (SSSR count). The molecule has 2 fully saturated rings. The lowest BCUT2D eigenvalue weighted by Gasteiger charge is -2.52. The molecule has 0 unspecified atom stereocenters. The molecule has 0 spiro atoms. The van der Waals surface area contributed by atoms with Crippen molar-refractivity contribution >= 4 is 0 Å². The summed E-state index contributed by atoms with van der Waals surface area (Å²) >= 11 is 0. The van der Waals surface area contributed by atoms with E-state index in [2.05, 4.69) is 30.1 Å². The van der Waals surface area contributed by atoms with Gasteiger partial charge in [-0.1, -0.05) is 12.1 Å². The van der Waals surface area contributed by atoms with Crippen LogP contribution in [0.2, 0.25) is 0 Å². The van der Waals surface area contributed by atoms with Crippen LogP contribution in [0.4, 0.5) is 0 Å². The summed E-state index contributed by atoms with van der Waals surface area (Å²) in [6, 6.07) is 10.8. The molecule has 0 aromatic heterocycles. The molecule has 4 nitrogen and oxygen atoms in total. The molecule has 0 amide bonds. The van der Waals surface area contributed by atoms with Crippen LogP contribution in [0, 0.1) is 17.2 Å². The smallest absolute Gasteiger partial charge is 0.119 e. The Morgan fingerprint density at radius 2 is 2.33 bits per heavy atom. The molecular formula is C17H22N2O2. The van der Waals surface area contributed by atoms with Gasteiger partial charge in [-0.05, 0) is 37.6 Å². The first kappa shape index (κ1) is 14.4. The van der Waals surface area contributed by atoms with Crippen LogP contribution in [0.25, 0.3) is 0 Å². The highest BCUT2D eigenvalue weighted by molar-refractivity contribution is 5.37. The number of hydrogen-bond donors (Lipinski definition) is 0. The van der Waals surface area contributed by atoms with Crippen LogP contribution >= 0.6 is 0 Å². The van der Waals surface area contributed by atoms with E-state index in [1.165, 1.54) is 5.56 Å². The van der Waals surface area contributed by atoms with Crippen molar-refractivity contribution in [2.24, 2.45) is 5.92 Å². The molecule has 2 aliphatic rings. The highest BCUT2D eigenvalue weighted by Crippen LogP contribution is 2.47. The summed E-state index contributed by atoms with van der Waals surface area (Å²) in [6.07, 6.45) is 1.97. The number of methoxy groups -OCH3 is 1. The second-order valence-electron chi connectivity index (χ2n) is 6.14. The van der Waals surface area contributed by atoms with E-state index in [0.717, 1.165) is 31.7 Å². The maximum absolute atomic E-state index is 9.61. The third kappa shape index (κ3) is 2.31. The molecule has 0 N–H and O–H groups in total. The molecule has 1 aromatic carbocycles. The first-order valence-corrected chi connectivity index (χ1v) is 7.53. The number of nitriles is 1. The highest BCUT2D eigenvalue weighted by atomic mass is 16.5. The average Bonchev–Trinajstić information content (AvgIpc) is 2.55. The monoisotopic (exact) mass is 286 g/mol. The summed E-state index contributed by atoms with van der Waals surface area (Å²) in [5.74, 6) is 1.20. The van der Waals surface area contributed by atoms with E-state index in [9.17, 15) is 5.26 Å². The Morgan fingerprint density at radius 3 is 3.10 bits per heavy atom. The molecule has 0 saturated carbocycles. The minimum Gasteiger partial charge on any atom is -0.497 e. The lowest BCUT2D eigenvalue weighted by atomic mass is 9.61. The molecule has 2 aliphatic heterocycles. The number of fused-ring (bicyclic) bond motifs is 1. The summed E-state index contributed by atoms with van der Waals surface area (Å²) in [6.45, 7) is 2.38. The third-order valence-corrected chi connectivity index (χ3v) is 5.19. The predicted molar refractivity (Wildman–Crippen MR) is 80.2 cm³/mol. The Labute approximate surface area is 126 Å². The summed E-state index contributed by atoms with van der Waals surface area (Å²) in [5, 5.41) is 9.61. The van der Waals surface area contributed by atoms with Gasteiger partial charge in [-0.15, -0.1) is 0 Å². The van der Waals surface area contributed by atoms with Crippen molar-refractivity contribution in [3.8, 4) is 11.8 Å². The molecule has 0 bridgehead atoms. The molecule has 0 aliphatic carbocycles. The van der Waals surface area contributed by atoms with Crippen LogP contribution in [0.15, 0.2) is 24.3 Å².